The second-order valence-corrected chi connectivity index (χ2v) is 8.34. The highest BCUT2D eigenvalue weighted by atomic mass is 32.2. The minimum absolute atomic E-state index is 0.0204. The molecule has 0 aromatic rings. The number of amides is 1. The van der Waals surface area contributed by atoms with Crippen LogP contribution in [0.1, 0.15) is 19.8 Å². The Morgan fingerprint density at radius 2 is 1.94 bits per heavy atom. The molecule has 0 saturated carbocycles. The van der Waals surface area contributed by atoms with Crippen molar-refractivity contribution in [3.63, 3.8) is 0 Å². The van der Waals surface area contributed by atoms with Crippen LogP contribution < -0.4 is 4.72 Å². The summed E-state index contributed by atoms with van der Waals surface area (Å²) in [4.78, 5) is 11.7. The van der Waals surface area contributed by atoms with Gasteiger partial charge in [0, 0.05) is 13.1 Å². The Bertz CT molecular complexity index is 511. The van der Waals surface area contributed by atoms with E-state index in [0.717, 1.165) is 6.26 Å². The van der Waals surface area contributed by atoms with E-state index in [1.807, 2.05) is 4.72 Å². The van der Waals surface area contributed by atoms with E-state index in [-0.39, 0.29) is 12.3 Å². The normalized spacial score (nSPS) is 22.7. The molecule has 0 bridgehead atoms. The number of piperidine rings is 1. The monoisotopic (exact) mass is 298 g/mol. The van der Waals surface area contributed by atoms with Crippen molar-refractivity contribution < 1.29 is 21.6 Å². The van der Waals surface area contributed by atoms with E-state index in [1.165, 1.54) is 11.2 Å². The smallest absolute Gasteiger partial charge is 0.237 e. The van der Waals surface area contributed by atoms with Crippen molar-refractivity contribution in [1.82, 2.24) is 9.03 Å². The molecule has 1 saturated heterocycles. The molecule has 1 atom stereocenters. The van der Waals surface area contributed by atoms with E-state index < -0.39 is 31.9 Å². The van der Waals surface area contributed by atoms with Crippen LogP contribution in [0.15, 0.2) is 0 Å². The molecule has 1 N–H and O–H groups in total. The molecule has 1 aliphatic heterocycles. The van der Waals surface area contributed by atoms with Crippen molar-refractivity contribution in [3.05, 3.63) is 0 Å². The van der Waals surface area contributed by atoms with Gasteiger partial charge in [0.05, 0.1) is 17.9 Å². The molecule has 1 amide bonds. The van der Waals surface area contributed by atoms with Gasteiger partial charge in [-0.2, -0.15) is 0 Å². The Morgan fingerprint density at radius 3 is 2.44 bits per heavy atom. The van der Waals surface area contributed by atoms with Crippen LogP contribution in [0.3, 0.4) is 0 Å². The topological polar surface area (TPSA) is 101 Å². The lowest BCUT2D eigenvalue weighted by molar-refractivity contribution is -0.124. The van der Waals surface area contributed by atoms with Crippen LogP contribution in [0.5, 0.6) is 0 Å². The van der Waals surface area contributed by atoms with Crippen LogP contribution in [0, 0.1) is 5.92 Å². The Labute approximate surface area is 108 Å². The van der Waals surface area contributed by atoms with Crippen molar-refractivity contribution in [2.24, 2.45) is 5.92 Å². The second-order valence-electron chi connectivity index (χ2n) is 4.34. The lowest BCUT2D eigenvalue weighted by Crippen LogP contribution is -2.46. The van der Waals surface area contributed by atoms with Crippen LogP contribution in [-0.2, 0) is 24.8 Å². The Morgan fingerprint density at radius 1 is 1.33 bits per heavy atom. The Kier molecular flexibility index (Phi) is 4.73. The van der Waals surface area contributed by atoms with Gasteiger partial charge in [0.25, 0.3) is 0 Å². The van der Waals surface area contributed by atoms with Crippen LogP contribution in [0.4, 0.5) is 0 Å². The molecule has 0 spiro atoms. The third kappa shape index (κ3) is 4.21. The molecule has 0 radical (unpaired) electrons. The molecule has 18 heavy (non-hydrogen) atoms. The van der Waals surface area contributed by atoms with Crippen molar-refractivity contribution in [3.8, 4) is 0 Å². The summed E-state index contributed by atoms with van der Waals surface area (Å²) < 4.78 is 48.4. The molecule has 0 aliphatic carbocycles. The zero-order valence-corrected chi connectivity index (χ0v) is 12.1. The molecule has 1 rings (SSSR count). The second kappa shape index (κ2) is 5.54. The predicted octanol–water partition coefficient (Wildman–Crippen LogP) is -0.876. The van der Waals surface area contributed by atoms with E-state index in [2.05, 4.69) is 0 Å². The number of nitrogens with zero attached hydrogens (tertiary/aromatic N) is 1. The molecule has 9 heteroatoms. The molecule has 1 fully saturated rings. The van der Waals surface area contributed by atoms with Crippen molar-refractivity contribution in [1.29, 1.82) is 0 Å². The summed E-state index contributed by atoms with van der Waals surface area (Å²) in [7, 11) is -6.93. The van der Waals surface area contributed by atoms with E-state index in [1.54, 1.807) is 0 Å². The van der Waals surface area contributed by atoms with Gasteiger partial charge in [-0.3, -0.25) is 9.52 Å². The van der Waals surface area contributed by atoms with Crippen molar-refractivity contribution in [2.75, 3.05) is 25.1 Å². The summed E-state index contributed by atoms with van der Waals surface area (Å²) in [5.41, 5.74) is 0. The lowest BCUT2D eigenvalue weighted by atomic mass is 9.99. The van der Waals surface area contributed by atoms with Crippen LogP contribution in [0.25, 0.3) is 0 Å². The average molecular weight is 298 g/mol. The third-order valence-electron chi connectivity index (χ3n) is 2.80. The third-order valence-corrected chi connectivity index (χ3v) is 5.22. The zero-order chi connectivity index (χ0) is 14.0. The van der Waals surface area contributed by atoms with Gasteiger partial charge in [0.15, 0.2) is 0 Å². The van der Waals surface area contributed by atoms with Gasteiger partial charge in [-0.15, -0.1) is 0 Å². The summed E-state index contributed by atoms with van der Waals surface area (Å²) in [5.74, 6) is -1.25. The summed E-state index contributed by atoms with van der Waals surface area (Å²) in [6.07, 6.45) is 1.95. The van der Waals surface area contributed by atoms with Crippen molar-refractivity contribution >= 4 is 26.0 Å². The fraction of sp³-hybridized carbons (Fsp3) is 0.889. The quantitative estimate of drug-likeness (QED) is 0.726. The minimum Gasteiger partial charge on any atom is -0.274 e. The molecule has 1 unspecified atom stereocenters. The molecule has 1 heterocycles. The first kappa shape index (κ1) is 15.4. The first-order chi connectivity index (χ1) is 8.15. The lowest BCUT2D eigenvalue weighted by Gasteiger charge is -2.30. The van der Waals surface area contributed by atoms with E-state index >= 15 is 0 Å². The molecule has 1 aliphatic rings. The van der Waals surface area contributed by atoms with E-state index in [4.69, 9.17) is 0 Å². The maximum Gasteiger partial charge on any atom is 0.237 e. The summed E-state index contributed by atoms with van der Waals surface area (Å²) >= 11 is 0. The molecule has 106 valence electrons. The number of hydrogen-bond acceptors (Lipinski definition) is 5. The highest BCUT2D eigenvalue weighted by Gasteiger charge is 2.32. The van der Waals surface area contributed by atoms with E-state index in [0.29, 0.717) is 19.4 Å². The number of sulfonamides is 2. The van der Waals surface area contributed by atoms with E-state index in [9.17, 15) is 21.6 Å². The summed E-state index contributed by atoms with van der Waals surface area (Å²) in [5, 5.41) is 0. The van der Waals surface area contributed by atoms with Gasteiger partial charge in [-0.05, 0) is 19.8 Å². The van der Waals surface area contributed by atoms with Crippen molar-refractivity contribution in [2.45, 2.75) is 19.8 Å². The average Bonchev–Trinajstić information content (AvgIpc) is 2.27. The van der Waals surface area contributed by atoms with Crippen LogP contribution >= 0.6 is 0 Å². The fourth-order valence-corrected chi connectivity index (χ4v) is 3.57. The summed E-state index contributed by atoms with van der Waals surface area (Å²) in [6, 6.07) is 0. The fourth-order valence-electron chi connectivity index (χ4n) is 1.86. The molecular formula is C9H18N2O5S2. The maximum absolute atomic E-state index is 11.7. The number of carbonyl (C=O) groups is 1. The van der Waals surface area contributed by atoms with Gasteiger partial charge < -0.3 is 0 Å². The van der Waals surface area contributed by atoms with Gasteiger partial charge in [0.2, 0.25) is 26.0 Å². The zero-order valence-electron chi connectivity index (χ0n) is 10.4. The number of rotatable bonds is 4. The standard InChI is InChI=1S/C9H18N2O5S2/c1-3-18(15,16)11-6-4-5-8(7-11)9(12)10-17(2,13)14/h8H,3-7H2,1-2H3,(H,10,12). The van der Waals surface area contributed by atoms with Crippen LogP contribution in [0.2, 0.25) is 0 Å². The summed E-state index contributed by atoms with van der Waals surface area (Å²) in [6.45, 7) is 1.98. The highest BCUT2D eigenvalue weighted by molar-refractivity contribution is 7.89. The Balaban J connectivity index is 2.73. The van der Waals surface area contributed by atoms with Crippen LogP contribution in [-0.4, -0.2) is 52.1 Å². The van der Waals surface area contributed by atoms with Gasteiger partial charge >= 0.3 is 0 Å². The van der Waals surface area contributed by atoms with Gasteiger partial charge in [-0.1, -0.05) is 0 Å². The number of nitrogens with one attached hydrogen (secondary N) is 1. The number of hydrogen-bond donors (Lipinski definition) is 1. The van der Waals surface area contributed by atoms with Gasteiger partial charge in [-0.25, -0.2) is 21.1 Å². The molecule has 0 aromatic heterocycles. The first-order valence-corrected chi connectivity index (χ1v) is 9.15. The largest absolute Gasteiger partial charge is 0.274 e. The first-order valence-electron chi connectivity index (χ1n) is 5.65. The van der Waals surface area contributed by atoms with Gasteiger partial charge in [0.1, 0.15) is 0 Å². The Hall–Kier alpha value is -0.670. The number of carbonyl (C=O) groups excluding carboxylic acids is 1. The minimum atomic E-state index is -3.60. The predicted molar refractivity (Wildman–Crippen MR) is 66.7 cm³/mol. The maximum atomic E-state index is 11.7. The molecule has 7 nitrogen and oxygen atoms in total. The molecule has 0 aromatic carbocycles. The molecular weight excluding hydrogens is 280 g/mol. The SMILES string of the molecule is CCS(=O)(=O)N1CCCC(C(=O)NS(C)(=O)=O)C1. The highest BCUT2D eigenvalue weighted by Crippen LogP contribution is 2.19.